The monoisotopic (exact) mass is 180 g/mol. The van der Waals surface area contributed by atoms with Gasteiger partial charge in [0, 0.05) is 38.1 Å². The average molecular weight is 180 g/mol. The molecule has 1 rings (SSSR count). The smallest absolute Gasteiger partial charge is 0.0278 e. The van der Waals surface area contributed by atoms with Gasteiger partial charge < -0.3 is 5.32 Å². The van der Waals surface area contributed by atoms with Gasteiger partial charge in [-0.25, -0.2) is 0 Å². The lowest BCUT2D eigenvalue weighted by Gasteiger charge is -2.40. The van der Waals surface area contributed by atoms with Gasteiger partial charge in [0.1, 0.15) is 0 Å². The molecule has 1 atom stereocenters. The zero-order valence-corrected chi connectivity index (χ0v) is 8.77. The number of rotatable bonds is 3. The average Bonchev–Trinajstić information content (AvgIpc) is 2.15. The fraction of sp³-hybridized carbons (Fsp3) is 0.818. The number of terminal acetylenes is 1. The van der Waals surface area contributed by atoms with Gasteiger partial charge in [-0.3, -0.25) is 4.90 Å². The van der Waals surface area contributed by atoms with E-state index < -0.39 is 0 Å². The Morgan fingerprint density at radius 2 is 2.38 bits per heavy atom. The van der Waals surface area contributed by atoms with Crippen LogP contribution in [0.5, 0.6) is 0 Å². The Bertz CT molecular complexity index is 195. The first-order valence-electron chi connectivity index (χ1n) is 5.11. The molecular formula is C11H20N2. The maximum Gasteiger partial charge on any atom is 0.0278 e. The van der Waals surface area contributed by atoms with E-state index in [9.17, 15) is 0 Å². The first kappa shape index (κ1) is 10.6. The zero-order valence-electron chi connectivity index (χ0n) is 8.77. The lowest BCUT2D eigenvalue weighted by atomic mass is 9.96. The van der Waals surface area contributed by atoms with Crippen LogP contribution in [-0.4, -0.2) is 36.6 Å². The van der Waals surface area contributed by atoms with Gasteiger partial charge in [0.25, 0.3) is 0 Å². The molecule has 0 spiro atoms. The topological polar surface area (TPSA) is 15.3 Å². The summed E-state index contributed by atoms with van der Waals surface area (Å²) in [5.41, 5.74) is 0.298. The summed E-state index contributed by atoms with van der Waals surface area (Å²) in [4.78, 5) is 2.46. The summed E-state index contributed by atoms with van der Waals surface area (Å²) in [6.45, 7) is 8.93. The van der Waals surface area contributed by atoms with E-state index in [4.69, 9.17) is 6.42 Å². The maximum absolute atomic E-state index is 5.25. The molecule has 2 nitrogen and oxygen atoms in total. The third-order valence-electron chi connectivity index (χ3n) is 2.91. The Balaban J connectivity index is 2.38. The predicted octanol–water partition coefficient (Wildman–Crippen LogP) is 1.08. The van der Waals surface area contributed by atoms with Crippen LogP contribution in [0.2, 0.25) is 0 Å². The van der Waals surface area contributed by atoms with Gasteiger partial charge in [0.2, 0.25) is 0 Å². The molecule has 0 aliphatic carbocycles. The van der Waals surface area contributed by atoms with Crippen LogP contribution in [0.4, 0.5) is 0 Å². The molecule has 1 unspecified atom stereocenters. The van der Waals surface area contributed by atoms with Crippen LogP contribution in [0.1, 0.15) is 26.7 Å². The minimum absolute atomic E-state index is 0.298. The quantitative estimate of drug-likeness (QED) is 0.654. The highest BCUT2D eigenvalue weighted by molar-refractivity contribution is 4.92. The fourth-order valence-electron chi connectivity index (χ4n) is 1.79. The molecule has 13 heavy (non-hydrogen) atoms. The van der Waals surface area contributed by atoms with E-state index in [0.717, 1.165) is 32.6 Å². The van der Waals surface area contributed by atoms with Gasteiger partial charge in [-0.05, 0) is 13.3 Å². The van der Waals surface area contributed by atoms with E-state index in [1.54, 1.807) is 0 Å². The van der Waals surface area contributed by atoms with E-state index >= 15 is 0 Å². The van der Waals surface area contributed by atoms with Crippen molar-refractivity contribution in [2.45, 2.75) is 32.2 Å². The zero-order chi connectivity index (χ0) is 9.73. The molecule has 1 fully saturated rings. The highest BCUT2D eigenvalue weighted by Crippen LogP contribution is 2.14. The molecular weight excluding hydrogens is 160 g/mol. The van der Waals surface area contributed by atoms with E-state index in [1.165, 1.54) is 6.42 Å². The van der Waals surface area contributed by atoms with Crippen molar-refractivity contribution in [1.82, 2.24) is 10.2 Å². The normalized spacial score (nSPS) is 29.9. The third kappa shape index (κ3) is 3.02. The number of hydrogen-bond donors (Lipinski definition) is 1. The second-order valence-electron chi connectivity index (χ2n) is 4.07. The summed E-state index contributed by atoms with van der Waals surface area (Å²) in [6.07, 6.45) is 7.31. The van der Waals surface area contributed by atoms with Gasteiger partial charge >= 0.3 is 0 Å². The van der Waals surface area contributed by atoms with Crippen LogP contribution in [-0.2, 0) is 0 Å². The Kier molecular flexibility index (Phi) is 3.77. The Hall–Kier alpha value is -0.520. The maximum atomic E-state index is 5.25. The Morgan fingerprint density at radius 1 is 1.62 bits per heavy atom. The summed E-state index contributed by atoms with van der Waals surface area (Å²) < 4.78 is 0. The van der Waals surface area contributed by atoms with Crippen molar-refractivity contribution in [2.75, 3.05) is 26.2 Å². The van der Waals surface area contributed by atoms with Gasteiger partial charge in [-0.15, -0.1) is 12.3 Å². The first-order chi connectivity index (χ1) is 6.20. The van der Waals surface area contributed by atoms with Crippen molar-refractivity contribution in [3.05, 3.63) is 0 Å². The summed E-state index contributed by atoms with van der Waals surface area (Å²) >= 11 is 0. The summed E-state index contributed by atoms with van der Waals surface area (Å²) in [7, 11) is 0. The van der Waals surface area contributed by atoms with Crippen LogP contribution >= 0.6 is 0 Å². The second kappa shape index (κ2) is 4.64. The van der Waals surface area contributed by atoms with Gasteiger partial charge in [-0.2, -0.15) is 0 Å². The number of nitrogens with zero attached hydrogens (tertiary/aromatic N) is 1. The molecule has 1 saturated heterocycles. The predicted molar refractivity (Wildman–Crippen MR) is 56.6 cm³/mol. The standard InChI is InChI=1S/C11H20N2/c1-4-6-8-13-9-7-12-11(3,5-2)10-13/h1,12H,5-10H2,2-3H3. The lowest BCUT2D eigenvalue weighted by Crippen LogP contribution is -2.58. The van der Waals surface area contributed by atoms with E-state index in [2.05, 4.69) is 30.0 Å². The SMILES string of the molecule is C#CCCN1CCNC(C)(CC)C1. The molecule has 0 saturated carbocycles. The molecule has 0 amide bonds. The van der Waals surface area contributed by atoms with Crippen LogP contribution in [0.15, 0.2) is 0 Å². The van der Waals surface area contributed by atoms with Crippen molar-refractivity contribution in [1.29, 1.82) is 0 Å². The molecule has 1 aliphatic rings. The number of nitrogens with one attached hydrogen (secondary N) is 1. The molecule has 0 bridgehead atoms. The molecule has 0 radical (unpaired) electrons. The van der Waals surface area contributed by atoms with E-state index in [-0.39, 0.29) is 0 Å². The molecule has 2 heteroatoms. The Labute approximate surface area is 81.7 Å². The Morgan fingerprint density at radius 3 is 3.00 bits per heavy atom. The van der Waals surface area contributed by atoms with Crippen molar-refractivity contribution >= 4 is 0 Å². The number of hydrogen-bond acceptors (Lipinski definition) is 2. The van der Waals surface area contributed by atoms with Crippen molar-refractivity contribution in [3.8, 4) is 12.3 Å². The van der Waals surface area contributed by atoms with Gasteiger partial charge in [-0.1, -0.05) is 6.92 Å². The van der Waals surface area contributed by atoms with Crippen molar-refractivity contribution < 1.29 is 0 Å². The highest BCUT2D eigenvalue weighted by Gasteiger charge is 2.27. The second-order valence-corrected chi connectivity index (χ2v) is 4.07. The van der Waals surface area contributed by atoms with Crippen LogP contribution in [0.3, 0.4) is 0 Å². The van der Waals surface area contributed by atoms with Gasteiger partial charge in [0.05, 0.1) is 0 Å². The molecule has 1 N–H and O–H groups in total. The molecule has 1 aliphatic heterocycles. The van der Waals surface area contributed by atoms with Crippen LogP contribution < -0.4 is 5.32 Å². The third-order valence-corrected chi connectivity index (χ3v) is 2.91. The van der Waals surface area contributed by atoms with Gasteiger partial charge in [0.15, 0.2) is 0 Å². The minimum atomic E-state index is 0.298. The highest BCUT2D eigenvalue weighted by atomic mass is 15.2. The summed E-state index contributed by atoms with van der Waals surface area (Å²) in [5, 5.41) is 3.56. The summed E-state index contributed by atoms with van der Waals surface area (Å²) in [5.74, 6) is 2.70. The van der Waals surface area contributed by atoms with Crippen molar-refractivity contribution in [2.24, 2.45) is 0 Å². The first-order valence-corrected chi connectivity index (χ1v) is 5.11. The van der Waals surface area contributed by atoms with E-state index in [0.29, 0.717) is 5.54 Å². The summed E-state index contributed by atoms with van der Waals surface area (Å²) in [6, 6.07) is 0. The molecule has 0 aromatic rings. The fourth-order valence-corrected chi connectivity index (χ4v) is 1.79. The van der Waals surface area contributed by atoms with Crippen LogP contribution in [0, 0.1) is 12.3 Å². The number of piperazine rings is 1. The van der Waals surface area contributed by atoms with E-state index in [1.807, 2.05) is 0 Å². The molecule has 74 valence electrons. The molecule has 0 aromatic heterocycles. The lowest BCUT2D eigenvalue weighted by molar-refractivity contribution is 0.142. The minimum Gasteiger partial charge on any atom is -0.309 e. The largest absolute Gasteiger partial charge is 0.309 e. The van der Waals surface area contributed by atoms with Crippen molar-refractivity contribution in [3.63, 3.8) is 0 Å². The van der Waals surface area contributed by atoms with Crippen LogP contribution in [0.25, 0.3) is 0 Å². The molecule has 0 aromatic carbocycles. The molecule has 1 heterocycles.